The molecule has 0 unspecified atom stereocenters. The maximum absolute atomic E-state index is 8.36. The fourth-order valence-electron chi connectivity index (χ4n) is 4.17. The van der Waals surface area contributed by atoms with E-state index in [0.29, 0.717) is 18.0 Å². The van der Waals surface area contributed by atoms with Gasteiger partial charge in [0.15, 0.2) is 5.52 Å². The number of aryl methyl sites for hydroxylation is 1. The molecule has 0 spiro atoms. The highest BCUT2D eigenvalue weighted by Gasteiger charge is 2.36. The Morgan fingerprint density at radius 3 is 2.73 bits per heavy atom. The Morgan fingerprint density at radius 2 is 1.85 bits per heavy atom. The number of aromatic nitrogens is 4. The van der Waals surface area contributed by atoms with Crippen LogP contribution in [0.1, 0.15) is 9.68 Å². The number of fused-ring (bicyclic) bond motifs is 7. The second-order valence-corrected chi connectivity index (χ2v) is 6.62. The fraction of sp³-hybridized carbons (Fsp3) is 0.0909. The van der Waals surface area contributed by atoms with Gasteiger partial charge in [0.2, 0.25) is 0 Å². The molecule has 0 radical (unpaired) electrons. The van der Waals surface area contributed by atoms with Crippen LogP contribution in [0.15, 0.2) is 72.9 Å². The molecule has 6 rings (SSSR count). The van der Waals surface area contributed by atoms with E-state index in [1.807, 2.05) is 65.2 Å². The van der Waals surface area contributed by atoms with E-state index >= 15 is 0 Å². The van der Waals surface area contributed by atoms with Crippen LogP contribution in [0.4, 0.5) is 0 Å². The average Bonchev–Trinajstić information content (AvgIpc) is 3.34. The number of hydrogen-bond donors (Lipinski definition) is 0. The normalized spacial score (nSPS) is 14.8. The molecule has 3 aromatic heterocycles. The van der Waals surface area contributed by atoms with Crippen molar-refractivity contribution in [2.24, 2.45) is 6.98 Å². The predicted octanol–water partition coefficient (Wildman–Crippen LogP) is 3.83. The second kappa shape index (κ2) is 4.82. The average molecular weight is 340 g/mol. The summed E-state index contributed by atoms with van der Waals surface area (Å²) < 4.78 is 30.7. The van der Waals surface area contributed by atoms with Gasteiger partial charge in [-0.3, -0.25) is 0 Å². The Bertz CT molecular complexity index is 1410. The number of benzene rings is 2. The van der Waals surface area contributed by atoms with Crippen LogP contribution in [0.2, 0.25) is 0 Å². The first-order chi connectivity index (χ1) is 14.1. The summed E-state index contributed by atoms with van der Waals surface area (Å²) in [6.07, 6.45) is 1.72. The molecule has 0 bridgehead atoms. The molecule has 0 saturated heterocycles. The molecular weight excluding hydrogens is 320 g/mol. The highest BCUT2D eigenvalue weighted by atomic mass is 15.3. The Morgan fingerprint density at radius 1 is 1.00 bits per heavy atom. The van der Waals surface area contributed by atoms with Crippen LogP contribution in [-0.2, 0) is 13.5 Å². The molecule has 0 aliphatic carbocycles. The number of rotatable bonds is 1. The van der Waals surface area contributed by atoms with E-state index in [-0.39, 0.29) is 0 Å². The number of hydrogen-bond acceptors (Lipinski definition) is 1. The zero-order valence-corrected chi connectivity index (χ0v) is 13.9. The Balaban J connectivity index is 1.88. The predicted molar refractivity (Wildman–Crippen MR) is 102 cm³/mol. The second-order valence-electron chi connectivity index (χ2n) is 6.62. The van der Waals surface area contributed by atoms with Crippen LogP contribution < -0.4 is 4.57 Å². The smallest absolute Gasteiger partial charge is 0.249 e. The van der Waals surface area contributed by atoms with Gasteiger partial charge >= 0.3 is 0 Å². The maximum atomic E-state index is 8.36. The SMILES string of the molecule is [2H]C([2H])([2H])[n+]1c2n(c3c4ccccc4n(-c4ccccc4)c31)Cc1cccnc1-2. The van der Waals surface area contributed by atoms with Crippen molar-refractivity contribution in [2.45, 2.75) is 6.54 Å². The summed E-state index contributed by atoms with van der Waals surface area (Å²) in [5.41, 5.74) is 5.29. The van der Waals surface area contributed by atoms with Crippen LogP contribution in [0.25, 0.3) is 39.3 Å². The first-order valence-electron chi connectivity index (χ1n) is 10.1. The monoisotopic (exact) mass is 340 g/mol. The lowest BCUT2D eigenvalue weighted by Gasteiger charge is -2.03. The van der Waals surface area contributed by atoms with Crippen LogP contribution >= 0.6 is 0 Å². The molecule has 5 aromatic rings. The number of imidazole rings is 1. The van der Waals surface area contributed by atoms with Crippen molar-refractivity contribution >= 4 is 22.1 Å². The Labute approximate surface area is 154 Å². The molecule has 0 amide bonds. The van der Waals surface area contributed by atoms with Gasteiger partial charge in [-0.1, -0.05) is 36.4 Å². The lowest BCUT2D eigenvalue weighted by Crippen LogP contribution is -2.31. The number of pyridine rings is 1. The van der Waals surface area contributed by atoms with Crippen LogP contribution in [0.3, 0.4) is 0 Å². The molecule has 26 heavy (non-hydrogen) atoms. The van der Waals surface area contributed by atoms with Gasteiger partial charge in [0.05, 0.1) is 23.0 Å². The molecular formula is C22H17N4+. The van der Waals surface area contributed by atoms with Crippen molar-refractivity contribution in [3.05, 3.63) is 78.5 Å². The third kappa shape index (κ3) is 1.59. The summed E-state index contributed by atoms with van der Waals surface area (Å²) in [4.78, 5) is 4.53. The zero-order valence-electron chi connectivity index (χ0n) is 16.9. The van der Waals surface area contributed by atoms with Gasteiger partial charge in [0, 0.05) is 11.8 Å². The van der Waals surface area contributed by atoms with E-state index < -0.39 is 6.98 Å². The maximum Gasteiger partial charge on any atom is 0.274 e. The van der Waals surface area contributed by atoms with E-state index in [0.717, 1.165) is 33.4 Å². The van der Waals surface area contributed by atoms with Gasteiger partial charge < -0.3 is 0 Å². The third-order valence-electron chi connectivity index (χ3n) is 5.22. The van der Waals surface area contributed by atoms with Crippen molar-refractivity contribution in [3.63, 3.8) is 0 Å². The summed E-state index contributed by atoms with van der Waals surface area (Å²) in [6, 6.07) is 21.9. The van der Waals surface area contributed by atoms with E-state index in [9.17, 15) is 0 Å². The highest BCUT2D eigenvalue weighted by Crippen LogP contribution is 2.37. The van der Waals surface area contributed by atoms with Gasteiger partial charge in [0.25, 0.3) is 11.5 Å². The van der Waals surface area contributed by atoms with Gasteiger partial charge in [-0.25, -0.2) is 18.7 Å². The molecule has 124 valence electrons. The first kappa shape index (κ1) is 11.3. The molecule has 0 atom stereocenters. The summed E-state index contributed by atoms with van der Waals surface area (Å²) in [6.45, 7) is -1.74. The van der Waals surface area contributed by atoms with Crippen LogP contribution in [-0.4, -0.2) is 14.1 Å². The first-order valence-corrected chi connectivity index (χ1v) is 8.63. The Hall–Kier alpha value is -3.40. The topological polar surface area (TPSA) is 26.6 Å². The molecule has 4 heteroatoms. The summed E-state index contributed by atoms with van der Waals surface area (Å²) in [5, 5.41) is 1.03. The molecule has 2 aromatic carbocycles. The molecule has 1 aliphatic heterocycles. The lowest BCUT2D eigenvalue weighted by molar-refractivity contribution is -0.636. The van der Waals surface area contributed by atoms with Gasteiger partial charge in [-0.05, 0) is 30.3 Å². The van der Waals surface area contributed by atoms with E-state index in [4.69, 9.17) is 4.11 Å². The summed E-state index contributed by atoms with van der Waals surface area (Å²) in [7, 11) is 0. The number of nitrogens with zero attached hydrogens (tertiary/aromatic N) is 4. The molecule has 0 saturated carbocycles. The van der Waals surface area contributed by atoms with Crippen molar-refractivity contribution in [3.8, 4) is 17.2 Å². The van der Waals surface area contributed by atoms with E-state index in [2.05, 4.69) is 15.6 Å². The highest BCUT2D eigenvalue weighted by molar-refractivity contribution is 6.06. The minimum absolute atomic E-state index is 0.612. The molecule has 0 fully saturated rings. The van der Waals surface area contributed by atoms with Gasteiger partial charge in [-0.15, -0.1) is 0 Å². The molecule has 0 N–H and O–H groups in total. The van der Waals surface area contributed by atoms with Gasteiger partial charge in [-0.2, -0.15) is 0 Å². The lowest BCUT2D eigenvalue weighted by atomic mass is 10.2. The zero-order chi connectivity index (χ0) is 19.8. The van der Waals surface area contributed by atoms with E-state index in [1.165, 1.54) is 4.57 Å². The number of para-hydroxylation sites is 2. The van der Waals surface area contributed by atoms with Gasteiger partial charge in [0.1, 0.15) is 16.9 Å². The quantitative estimate of drug-likeness (QED) is 0.418. The molecule has 4 heterocycles. The molecule has 1 aliphatic rings. The standard InChI is InChI=1S/C22H17N4/c1-24-21-19-15(8-7-13-23-19)14-25(21)20-17-11-5-6-12-18(17)26(22(20)24)16-9-3-2-4-10-16/h2-13H,14H2,1H3/q+1/i1D3. The van der Waals surface area contributed by atoms with Crippen LogP contribution in [0.5, 0.6) is 0 Å². The fourth-order valence-corrected chi connectivity index (χ4v) is 4.17. The molecule has 4 nitrogen and oxygen atoms in total. The van der Waals surface area contributed by atoms with Crippen molar-refractivity contribution < 1.29 is 8.68 Å². The summed E-state index contributed by atoms with van der Waals surface area (Å²) >= 11 is 0. The minimum Gasteiger partial charge on any atom is -0.249 e. The van der Waals surface area contributed by atoms with Crippen molar-refractivity contribution in [1.82, 2.24) is 14.1 Å². The summed E-state index contributed by atoms with van der Waals surface area (Å²) in [5.74, 6) is 0.640. The van der Waals surface area contributed by atoms with Crippen LogP contribution in [0, 0.1) is 0 Å². The third-order valence-corrected chi connectivity index (χ3v) is 5.22. The minimum atomic E-state index is -2.35. The van der Waals surface area contributed by atoms with E-state index in [1.54, 1.807) is 6.20 Å². The van der Waals surface area contributed by atoms with Crippen molar-refractivity contribution in [2.75, 3.05) is 0 Å². The largest absolute Gasteiger partial charge is 0.274 e. The van der Waals surface area contributed by atoms with Crippen molar-refractivity contribution in [1.29, 1.82) is 0 Å². The Kier molecular flexibility index (Phi) is 2.09.